The van der Waals surface area contributed by atoms with E-state index in [4.69, 9.17) is 9.47 Å². The number of phenolic OH excluding ortho intramolecular Hbond substituents is 2. The maximum absolute atomic E-state index is 14.3. The van der Waals surface area contributed by atoms with Gasteiger partial charge in [0.15, 0.2) is 0 Å². The van der Waals surface area contributed by atoms with Gasteiger partial charge < -0.3 is 19.7 Å². The van der Waals surface area contributed by atoms with Crippen molar-refractivity contribution in [2.24, 2.45) is 5.92 Å². The summed E-state index contributed by atoms with van der Waals surface area (Å²) in [5.74, 6) is 1.59. The standard InChI is InChI=1S/C30H32FNO4/c1-18-10-11-32(16-18)19(2)17-35-26-7-4-21(5-8-26)30-29(22-12-23(31)14-25(34)13-22)20(3)27-15-24(33)6-9-28(27)36-30/h4-9,12-15,18-19,30,33-34H,10-11,16-17H2,1-3H3. The van der Waals surface area contributed by atoms with E-state index in [1.165, 1.54) is 18.6 Å². The van der Waals surface area contributed by atoms with Gasteiger partial charge in [-0.15, -0.1) is 0 Å². The molecule has 1 fully saturated rings. The monoisotopic (exact) mass is 489 g/mol. The van der Waals surface area contributed by atoms with Gasteiger partial charge in [-0.25, -0.2) is 4.39 Å². The quantitative estimate of drug-likeness (QED) is 0.419. The van der Waals surface area contributed by atoms with E-state index in [2.05, 4.69) is 18.7 Å². The Hall–Kier alpha value is -3.51. The van der Waals surface area contributed by atoms with Crippen molar-refractivity contribution in [3.05, 3.63) is 83.2 Å². The minimum Gasteiger partial charge on any atom is -0.508 e. The number of hydrogen-bond acceptors (Lipinski definition) is 5. The Morgan fingerprint density at radius 1 is 1.06 bits per heavy atom. The van der Waals surface area contributed by atoms with Crippen LogP contribution in [0.15, 0.2) is 60.7 Å². The van der Waals surface area contributed by atoms with Crippen molar-refractivity contribution in [2.45, 2.75) is 39.3 Å². The van der Waals surface area contributed by atoms with E-state index in [1.54, 1.807) is 18.2 Å². The topological polar surface area (TPSA) is 62.2 Å². The van der Waals surface area contributed by atoms with Crippen LogP contribution in [0.25, 0.3) is 11.1 Å². The molecule has 0 bridgehead atoms. The number of rotatable bonds is 6. The van der Waals surface area contributed by atoms with Gasteiger partial charge in [0.2, 0.25) is 0 Å². The summed E-state index contributed by atoms with van der Waals surface area (Å²) in [6.07, 6.45) is 0.712. The summed E-state index contributed by atoms with van der Waals surface area (Å²) in [5, 5.41) is 20.1. The van der Waals surface area contributed by atoms with E-state index in [0.29, 0.717) is 24.0 Å². The van der Waals surface area contributed by atoms with Crippen molar-refractivity contribution in [1.29, 1.82) is 0 Å². The fourth-order valence-electron chi connectivity index (χ4n) is 5.20. The Morgan fingerprint density at radius 2 is 1.83 bits per heavy atom. The second kappa shape index (κ2) is 9.86. The Kier molecular flexibility index (Phi) is 6.63. The molecule has 0 spiro atoms. The second-order valence-electron chi connectivity index (χ2n) is 10.0. The van der Waals surface area contributed by atoms with Crippen LogP contribution in [0, 0.1) is 11.7 Å². The molecule has 2 aliphatic rings. The molecule has 0 aliphatic carbocycles. The summed E-state index contributed by atoms with van der Waals surface area (Å²) in [6, 6.07) is 17.1. The average molecular weight is 490 g/mol. The van der Waals surface area contributed by atoms with Crippen LogP contribution < -0.4 is 9.47 Å². The lowest BCUT2D eigenvalue weighted by Crippen LogP contribution is -2.35. The van der Waals surface area contributed by atoms with Gasteiger partial charge in [0.25, 0.3) is 0 Å². The van der Waals surface area contributed by atoms with Crippen molar-refractivity contribution in [3.8, 4) is 23.0 Å². The lowest BCUT2D eigenvalue weighted by atomic mass is 9.86. The molecular formula is C30H32FNO4. The van der Waals surface area contributed by atoms with Crippen LogP contribution in [-0.4, -0.2) is 40.9 Å². The van der Waals surface area contributed by atoms with Crippen molar-refractivity contribution in [3.63, 3.8) is 0 Å². The zero-order valence-corrected chi connectivity index (χ0v) is 20.9. The summed E-state index contributed by atoms with van der Waals surface area (Å²) < 4.78 is 26.7. The second-order valence-corrected chi connectivity index (χ2v) is 10.0. The minimum absolute atomic E-state index is 0.121. The summed E-state index contributed by atoms with van der Waals surface area (Å²) in [4.78, 5) is 2.47. The maximum Gasteiger partial charge on any atom is 0.150 e. The molecule has 3 atom stereocenters. The third-order valence-corrected chi connectivity index (χ3v) is 7.22. The highest BCUT2D eigenvalue weighted by Crippen LogP contribution is 2.48. The zero-order chi connectivity index (χ0) is 25.4. The number of nitrogens with zero attached hydrogens (tertiary/aromatic N) is 1. The molecule has 5 rings (SSSR count). The lowest BCUT2D eigenvalue weighted by molar-refractivity contribution is 0.169. The molecule has 2 heterocycles. The van der Waals surface area contributed by atoms with Crippen molar-refractivity contribution in [1.82, 2.24) is 4.90 Å². The van der Waals surface area contributed by atoms with Gasteiger partial charge in [0.1, 0.15) is 41.5 Å². The highest BCUT2D eigenvalue weighted by atomic mass is 19.1. The van der Waals surface area contributed by atoms with E-state index >= 15 is 0 Å². The van der Waals surface area contributed by atoms with Crippen LogP contribution in [-0.2, 0) is 0 Å². The van der Waals surface area contributed by atoms with Crippen LogP contribution in [0.5, 0.6) is 23.0 Å². The third kappa shape index (κ3) is 4.91. The Balaban J connectivity index is 1.43. The number of halogens is 1. The maximum atomic E-state index is 14.3. The predicted octanol–water partition coefficient (Wildman–Crippen LogP) is 6.41. The largest absolute Gasteiger partial charge is 0.508 e. The molecule has 36 heavy (non-hydrogen) atoms. The number of hydrogen-bond donors (Lipinski definition) is 2. The number of fused-ring (bicyclic) bond motifs is 1. The Morgan fingerprint density at radius 3 is 2.53 bits per heavy atom. The van der Waals surface area contributed by atoms with Crippen molar-refractivity contribution < 1.29 is 24.1 Å². The van der Waals surface area contributed by atoms with Gasteiger partial charge in [0.05, 0.1) is 0 Å². The lowest BCUT2D eigenvalue weighted by Gasteiger charge is -2.31. The van der Waals surface area contributed by atoms with Crippen molar-refractivity contribution in [2.75, 3.05) is 19.7 Å². The van der Waals surface area contributed by atoms with E-state index in [1.807, 2.05) is 31.2 Å². The first-order chi connectivity index (χ1) is 17.3. The first-order valence-electron chi connectivity index (χ1n) is 12.5. The summed E-state index contributed by atoms with van der Waals surface area (Å²) in [5.41, 5.74) is 3.71. The molecule has 3 aromatic rings. The number of aromatic hydroxyl groups is 2. The van der Waals surface area contributed by atoms with E-state index in [9.17, 15) is 14.6 Å². The van der Waals surface area contributed by atoms with E-state index < -0.39 is 11.9 Å². The smallest absolute Gasteiger partial charge is 0.150 e. The fourth-order valence-corrected chi connectivity index (χ4v) is 5.20. The molecular weight excluding hydrogens is 457 g/mol. The molecule has 5 nitrogen and oxygen atoms in total. The minimum atomic E-state index is -0.531. The normalized spacial score (nSPS) is 20.7. The molecule has 1 saturated heterocycles. The highest BCUT2D eigenvalue weighted by molar-refractivity contribution is 5.95. The Bertz CT molecular complexity index is 1270. The van der Waals surface area contributed by atoms with Crippen LogP contribution in [0.1, 0.15) is 50.0 Å². The fraction of sp³-hybridized carbons (Fsp3) is 0.333. The predicted molar refractivity (Wildman–Crippen MR) is 139 cm³/mol. The molecule has 3 aromatic carbocycles. The summed E-state index contributed by atoms with van der Waals surface area (Å²) in [7, 11) is 0. The van der Waals surface area contributed by atoms with Gasteiger partial charge in [0, 0.05) is 29.8 Å². The molecule has 0 radical (unpaired) electrons. The summed E-state index contributed by atoms with van der Waals surface area (Å²) >= 11 is 0. The zero-order valence-electron chi connectivity index (χ0n) is 20.9. The number of allylic oxidation sites excluding steroid dienone is 1. The third-order valence-electron chi connectivity index (χ3n) is 7.22. The molecule has 188 valence electrons. The van der Waals surface area contributed by atoms with Gasteiger partial charge in [-0.05, 0) is 91.9 Å². The van der Waals surface area contributed by atoms with Gasteiger partial charge in [-0.2, -0.15) is 0 Å². The number of ether oxygens (including phenoxy) is 2. The number of phenols is 2. The first-order valence-corrected chi connectivity index (χ1v) is 12.5. The Labute approximate surface area is 211 Å². The van der Waals surface area contributed by atoms with Crippen LogP contribution >= 0.6 is 0 Å². The number of benzene rings is 3. The molecule has 0 saturated carbocycles. The van der Waals surface area contributed by atoms with Gasteiger partial charge >= 0.3 is 0 Å². The van der Waals surface area contributed by atoms with E-state index in [0.717, 1.165) is 53.1 Å². The molecule has 0 amide bonds. The molecule has 2 aliphatic heterocycles. The van der Waals surface area contributed by atoms with Crippen molar-refractivity contribution >= 4 is 11.1 Å². The number of likely N-dealkylation sites (tertiary alicyclic amines) is 1. The SMILES string of the molecule is CC1=C(c2cc(O)cc(F)c2)C(c2ccc(OCC(C)N3CCC(C)C3)cc2)Oc2ccc(O)cc21. The molecule has 6 heteroatoms. The first kappa shape index (κ1) is 24.2. The van der Waals surface area contributed by atoms with Crippen LogP contribution in [0.3, 0.4) is 0 Å². The highest BCUT2D eigenvalue weighted by Gasteiger charge is 2.30. The average Bonchev–Trinajstić information content (AvgIpc) is 3.29. The molecule has 2 N–H and O–H groups in total. The van der Waals surface area contributed by atoms with Gasteiger partial charge in [-0.3, -0.25) is 4.90 Å². The van der Waals surface area contributed by atoms with Crippen LogP contribution in [0.4, 0.5) is 4.39 Å². The molecule has 0 aromatic heterocycles. The van der Waals surface area contributed by atoms with Crippen LogP contribution in [0.2, 0.25) is 0 Å². The van der Waals surface area contributed by atoms with Gasteiger partial charge in [-0.1, -0.05) is 19.1 Å². The molecule has 3 unspecified atom stereocenters. The van der Waals surface area contributed by atoms with E-state index in [-0.39, 0.29) is 11.5 Å². The summed E-state index contributed by atoms with van der Waals surface area (Å²) in [6.45, 7) is 9.26.